The predicted molar refractivity (Wildman–Crippen MR) is 111 cm³/mol. The molecule has 3 heterocycles. The van der Waals surface area contributed by atoms with Gasteiger partial charge < -0.3 is 9.64 Å². The molecule has 1 fully saturated rings. The highest BCUT2D eigenvalue weighted by atomic mass is 35.5. The number of pyridine rings is 1. The molecule has 0 bridgehead atoms. The second-order valence-corrected chi connectivity index (χ2v) is 7.28. The van der Waals surface area contributed by atoms with Crippen molar-refractivity contribution in [2.24, 2.45) is 0 Å². The van der Waals surface area contributed by atoms with Crippen molar-refractivity contribution in [1.82, 2.24) is 25.0 Å². The largest absolute Gasteiger partial charge is 0.492 e. The molecule has 29 heavy (non-hydrogen) atoms. The number of aromatic nitrogens is 3. The van der Waals surface area contributed by atoms with Gasteiger partial charge in [0.05, 0.1) is 5.69 Å². The van der Waals surface area contributed by atoms with Crippen molar-refractivity contribution >= 4 is 17.5 Å². The van der Waals surface area contributed by atoms with E-state index >= 15 is 0 Å². The van der Waals surface area contributed by atoms with Crippen molar-refractivity contribution in [2.75, 3.05) is 39.3 Å². The van der Waals surface area contributed by atoms with Crippen LogP contribution in [0.5, 0.6) is 5.75 Å². The van der Waals surface area contributed by atoms with Gasteiger partial charge in [-0.05, 0) is 42.5 Å². The molecule has 2 aromatic heterocycles. The Morgan fingerprint density at radius 2 is 1.93 bits per heavy atom. The Labute approximate surface area is 174 Å². The maximum absolute atomic E-state index is 12.8. The van der Waals surface area contributed by atoms with Crippen LogP contribution in [0.3, 0.4) is 0 Å². The molecule has 1 aliphatic rings. The summed E-state index contributed by atoms with van der Waals surface area (Å²) in [6.07, 6.45) is 3.44. The van der Waals surface area contributed by atoms with E-state index in [1.54, 1.807) is 18.5 Å². The molecule has 1 aliphatic heterocycles. The molecule has 150 valence electrons. The first kappa shape index (κ1) is 19.4. The number of amides is 1. The molecule has 1 aromatic carbocycles. The second-order valence-electron chi connectivity index (χ2n) is 6.84. The number of ether oxygens (including phenoxy) is 1. The number of H-pyrrole nitrogens is 1. The zero-order valence-electron chi connectivity index (χ0n) is 15.9. The first-order valence-electron chi connectivity index (χ1n) is 9.55. The fourth-order valence-corrected chi connectivity index (χ4v) is 3.39. The van der Waals surface area contributed by atoms with E-state index in [2.05, 4.69) is 20.1 Å². The average molecular weight is 412 g/mol. The summed E-state index contributed by atoms with van der Waals surface area (Å²) in [6.45, 7) is 4.42. The molecule has 0 radical (unpaired) electrons. The molecule has 0 spiro atoms. The van der Waals surface area contributed by atoms with Crippen LogP contribution >= 0.6 is 11.6 Å². The highest BCUT2D eigenvalue weighted by Gasteiger charge is 2.23. The van der Waals surface area contributed by atoms with Crippen LogP contribution in [0.25, 0.3) is 11.3 Å². The lowest BCUT2D eigenvalue weighted by Gasteiger charge is -2.34. The molecular weight excluding hydrogens is 390 g/mol. The maximum atomic E-state index is 12.8. The highest BCUT2D eigenvalue weighted by molar-refractivity contribution is 6.30. The van der Waals surface area contributed by atoms with Gasteiger partial charge in [0, 0.05) is 55.7 Å². The number of carbonyl (C=O) groups excluding carboxylic acids is 1. The highest BCUT2D eigenvalue weighted by Crippen LogP contribution is 2.18. The lowest BCUT2D eigenvalue weighted by Crippen LogP contribution is -2.49. The molecule has 1 N–H and O–H groups in total. The van der Waals surface area contributed by atoms with E-state index in [-0.39, 0.29) is 5.91 Å². The van der Waals surface area contributed by atoms with Crippen molar-refractivity contribution in [1.29, 1.82) is 0 Å². The Morgan fingerprint density at radius 1 is 1.14 bits per heavy atom. The predicted octanol–water partition coefficient (Wildman–Crippen LogP) is 2.96. The van der Waals surface area contributed by atoms with Gasteiger partial charge in [0.25, 0.3) is 5.91 Å². The van der Waals surface area contributed by atoms with Crippen LogP contribution in [0.2, 0.25) is 5.02 Å². The minimum Gasteiger partial charge on any atom is -0.492 e. The van der Waals surface area contributed by atoms with Crippen molar-refractivity contribution in [3.05, 3.63) is 65.6 Å². The summed E-state index contributed by atoms with van der Waals surface area (Å²) in [5.41, 5.74) is 2.11. The van der Waals surface area contributed by atoms with Gasteiger partial charge in [-0.2, -0.15) is 5.10 Å². The van der Waals surface area contributed by atoms with E-state index in [9.17, 15) is 4.79 Å². The number of hydrogen-bond donors (Lipinski definition) is 1. The Kier molecular flexibility index (Phi) is 6.07. The number of rotatable bonds is 6. The molecule has 3 aromatic rings. The monoisotopic (exact) mass is 411 g/mol. The number of halogens is 1. The number of hydrogen-bond acceptors (Lipinski definition) is 5. The van der Waals surface area contributed by atoms with Gasteiger partial charge in [0.1, 0.15) is 18.1 Å². The zero-order valence-corrected chi connectivity index (χ0v) is 16.7. The van der Waals surface area contributed by atoms with E-state index < -0.39 is 0 Å². The van der Waals surface area contributed by atoms with Crippen LogP contribution < -0.4 is 4.74 Å². The Morgan fingerprint density at radius 3 is 2.66 bits per heavy atom. The SMILES string of the molecule is O=C(c1cc(-c2cccnc2)n[nH]1)N1CCN(CCOc2ccc(Cl)cc2)CC1. The van der Waals surface area contributed by atoms with Crippen LogP contribution in [0.15, 0.2) is 54.9 Å². The van der Waals surface area contributed by atoms with Crippen molar-refractivity contribution in [3.63, 3.8) is 0 Å². The third-order valence-electron chi connectivity index (χ3n) is 4.91. The summed E-state index contributed by atoms with van der Waals surface area (Å²) < 4.78 is 5.75. The second kappa shape index (κ2) is 9.07. The third kappa shape index (κ3) is 4.93. The molecular formula is C21H22ClN5O2. The minimum absolute atomic E-state index is 0.0234. The Balaban J connectivity index is 1.24. The average Bonchev–Trinajstić information content (AvgIpc) is 3.26. The van der Waals surface area contributed by atoms with E-state index in [0.29, 0.717) is 30.4 Å². The summed E-state index contributed by atoms with van der Waals surface area (Å²) in [5, 5.41) is 7.80. The van der Waals surface area contributed by atoms with Gasteiger partial charge in [0.2, 0.25) is 0 Å². The smallest absolute Gasteiger partial charge is 0.271 e. The molecule has 1 amide bonds. The van der Waals surface area contributed by atoms with Crippen LogP contribution in [0.4, 0.5) is 0 Å². The summed E-state index contributed by atoms with van der Waals surface area (Å²) in [6, 6.07) is 12.9. The Bertz CT molecular complexity index is 937. The Hall–Kier alpha value is -2.90. The fraction of sp³-hybridized carbons (Fsp3) is 0.286. The van der Waals surface area contributed by atoms with Gasteiger partial charge in [0.15, 0.2) is 0 Å². The number of nitrogens with one attached hydrogen (secondary N) is 1. The molecule has 0 atom stereocenters. The third-order valence-corrected chi connectivity index (χ3v) is 5.17. The number of aromatic amines is 1. The van der Waals surface area contributed by atoms with Gasteiger partial charge in [-0.1, -0.05) is 11.6 Å². The summed E-state index contributed by atoms with van der Waals surface area (Å²) in [7, 11) is 0. The summed E-state index contributed by atoms with van der Waals surface area (Å²) in [5.74, 6) is 0.789. The van der Waals surface area contributed by atoms with Gasteiger partial charge in [-0.25, -0.2) is 0 Å². The molecule has 8 heteroatoms. The molecule has 1 saturated heterocycles. The van der Waals surface area contributed by atoms with Crippen LogP contribution in [0, 0.1) is 0 Å². The van der Waals surface area contributed by atoms with Crippen molar-refractivity contribution < 1.29 is 9.53 Å². The van der Waals surface area contributed by atoms with Crippen LogP contribution in [-0.2, 0) is 0 Å². The standard InChI is InChI=1S/C21H22ClN5O2/c22-17-3-5-18(6-4-17)29-13-12-26-8-10-27(11-9-26)21(28)20-14-19(24-25-20)16-2-1-7-23-15-16/h1-7,14-15H,8-13H2,(H,24,25). The first-order valence-corrected chi connectivity index (χ1v) is 9.92. The number of carbonyl (C=O) groups is 1. The van der Waals surface area contributed by atoms with E-state index in [1.165, 1.54) is 0 Å². The minimum atomic E-state index is -0.0234. The van der Waals surface area contributed by atoms with Crippen molar-refractivity contribution in [2.45, 2.75) is 0 Å². The van der Waals surface area contributed by atoms with Gasteiger partial charge >= 0.3 is 0 Å². The first-order chi connectivity index (χ1) is 14.2. The number of benzene rings is 1. The quantitative estimate of drug-likeness (QED) is 0.675. The zero-order chi connectivity index (χ0) is 20.1. The van der Waals surface area contributed by atoms with E-state index in [4.69, 9.17) is 16.3 Å². The topological polar surface area (TPSA) is 74.4 Å². The number of nitrogens with zero attached hydrogens (tertiary/aromatic N) is 4. The lowest BCUT2D eigenvalue weighted by atomic mass is 10.2. The molecule has 4 rings (SSSR count). The fourth-order valence-electron chi connectivity index (χ4n) is 3.26. The molecule has 7 nitrogen and oxygen atoms in total. The van der Waals surface area contributed by atoms with Crippen molar-refractivity contribution in [3.8, 4) is 17.0 Å². The van der Waals surface area contributed by atoms with E-state index in [0.717, 1.165) is 36.6 Å². The summed E-state index contributed by atoms with van der Waals surface area (Å²) in [4.78, 5) is 21.0. The molecule has 0 aliphatic carbocycles. The molecule has 0 saturated carbocycles. The van der Waals surface area contributed by atoms with Crippen LogP contribution in [0.1, 0.15) is 10.5 Å². The summed E-state index contributed by atoms with van der Waals surface area (Å²) >= 11 is 5.88. The lowest BCUT2D eigenvalue weighted by molar-refractivity contribution is 0.0614. The van der Waals surface area contributed by atoms with E-state index in [1.807, 2.05) is 41.3 Å². The molecule has 0 unspecified atom stereocenters. The van der Waals surface area contributed by atoms with Gasteiger partial charge in [-0.3, -0.25) is 19.8 Å². The normalized spacial score (nSPS) is 14.7. The van der Waals surface area contributed by atoms with Crippen LogP contribution in [-0.4, -0.2) is 70.2 Å². The number of piperazine rings is 1. The maximum Gasteiger partial charge on any atom is 0.271 e. The van der Waals surface area contributed by atoms with Gasteiger partial charge in [-0.15, -0.1) is 0 Å².